The van der Waals surface area contributed by atoms with Gasteiger partial charge in [0.1, 0.15) is 5.69 Å². The van der Waals surface area contributed by atoms with E-state index in [0.717, 1.165) is 18.4 Å². The molecule has 2 atom stereocenters. The third-order valence-corrected chi connectivity index (χ3v) is 5.41. The van der Waals surface area contributed by atoms with Gasteiger partial charge in [0.25, 0.3) is 0 Å². The molecule has 0 fully saturated rings. The first-order valence-electron chi connectivity index (χ1n) is 9.61. The van der Waals surface area contributed by atoms with Gasteiger partial charge in [-0.15, -0.1) is 0 Å². The molecule has 2 aromatic heterocycles. The Morgan fingerprint density at radius 2 is 2.11 bits per heavy atom. The van der Waals surface area contributed by atoms with E-state index in [1.807, 2.05) is 6.07 Å². The molecule has 1 aliphatic rings. The monoisotopic (exact) mass is 363 g/mol. The molecule has 0 aliphatic carbocycles. The third kappa shape index (κ3) is 3.35. The topological polar surface area (TPSA) is 67.0 Å². The zero-order valence-electron chi connectivity index (χ0n) is 15.8. The average Bonchev–Trinajstić information content (AvgIpc) is 3.10. The Morgan fingerprint density at radius 3 is 2.85 bits per heavy atom. The van der Waals surface area contributed by atoms with Gasteiger partial charge in [0, 0.05) is 28.8 Å². The van der Waals surface area contributed by atoms with Crippen molar-refractivity contribution in [1.82, 2.24) is 15.3 Å². The van der Waals surface area contributed by atoms with Crippen LogP contribution in [0, 0.1) is 0 Å². The Labute approximate surface area is 159 Å². The lowest BCUT2D eigenvalue weighted by molar-refractivity contribution is 0.0594. The fraction of sp³-hybridized carbons (Fsp3) is 0.364. The number of hydrogen-bond donors (Lipinski definition) is 2. The van der Waals surface area contributed by atoms with Crippen LogP contribution in [-0.4, -0.2) is 29.1 Å². The number of aromatic amines is 1. The lowest BCUT2D eigenvalue weighted by Crippen LogP contribution is -2.40. The van der Waals surface area contributed by atoms with Crippen molar-refractivity contribution in [1.29, 1.82) is 0 Å². The van der Waals surface area contributed by atoms with Crippen LogP contribution < -0.4 is 5.32 Å². The molecule has 0 saturated heterocycles. The highest BCUT2D eigenvalue weighted by atomic mass is 16.5. The first-order valence-corrected chi connectivity index (χ1v) is 9.61. The van der Waals surface area contributed by atoms with Gasteiger partial charge in [-0.2, -0.15) is 0 Å². The van der Waals surface area contributed by atoms with E-state index >= 15 is 0 Å². The number of carbonyl (C=O) groups is 1. The van der Waals surface area contributed by atoms with Crippen molar-refractivity contribution in [3.63, 3.8) is 0 Å². The highest BCUT2D eigenvalue weighted by molar-refractivity contribution is 5.87. The molecule has 1 aromatic carbocycles. The summed E-state index contributed by atoms with van der Waals surface area (Å²) in [6.45, 7) is 2.23. The second kappa shape index (κ2) is 7.53. The number of para-hydroxylation sites is 1. The molecule has 0 radical (unpaired) electrons. The molecule has 0 saturated carbocycles. The number of unbranched alkanes of at least 4 members (excludes halogenated alkanes) is 1. The third-order valence-electron chi connectivity index (χ3n) is 5.41. The largest absolute Gasteiger partial charge is 0.464 e. The Bertz CT molecular complexity index is 946. The summed E-state index contributed by atoms with van der Waals surface area (Å²) >= 11 is 0. The summed E-state index contributed by atoms with van der Waals surface area (Å²) in [6, 6.07) is 12.7. The SMILES string of the molecule is CCCC[C@H]1Cc2c([nH]c3ccccc23)[C@H](c2ccc(C(=O)OC)nc2)N1. The van der Waals surface area contributed by atoms with Gasteiger partial charge < -0.3 is 15.0 Å². The Morgan fingerprint density at radius 1 is 1.26 bits per heavy atom. The summed E-state index contributed by atoms with van der Waals surface area (Å²) in [5.41, 5.74) is 5.15. The summed E-state index contributed by atoms with van der Waals surface area (Å²) in [5.74, 6) is -0.412. The summed E-state index contributed by atoms with van der Waals surface area (Å²) in [4.78, 5) is 19.6. The van der Waals surface area contributed by atoms with Crippen molar-refractivity contribution in [2.75, 3.05) is 7.11 Å². The standard InChI is InChI=1S/C22H25N3O2/c1-3-4-7-15-12-17-16-8-5-6-9-18(16)25-21(17)20(24-15)14-10-11-19(23-13-14)22(26)27-2/h5-6,8-11,13,15,20,24-25H,3-4,7,12H2,1-2H3/t15-,20-/m0/s1. The summed E-state index contributed by atoms with van der Waals surface area (Å²) in [6.07, 6.45) is 6.37. The number of pyridine rings is 1. The van der Waals surface area contributed by atoms with Crippen LogP contribution in [0.5, 0.6) is 0 Å². The molecule has 140 valence electrons. The predicted molar refractivity (Wildman–Crippen MR) is 106 cm³/mol. The highest BCUT2D eigenvalue weighted by Gasteiger charge is 2.30. The summed E-state index contributed by atoms with van der Waals surface area (Å²) in [5, 5.41) is 5.10. The number of benzene rings is 1. The second-order valence-corrected chi connectivity index (χ2v) is 7.17. The number of methoxy groups -OCH3 is 1. The maximum atomic E-state index is 11.7. The molecule has 0 bridgehead atoms. The molecule has 27 heavy (non-hydrogen) atoms. The number of fused-ring (bicyclic) bond motifs is 3. The van der Waals surface area contributed by atoms with Crippen LogP contribution in [0.2, 0.25) is 0 Å². The van der Waals surface area contributed by atoms with Crippen LogP contribution in [0.15, 0.2) is 42.6 Å². The molecule has 2 N–H and O–H groups in total. The molecular formula is C22H25N3O2. The molecule has 3 aromatic rings. The Hall–Kier alpha value is -2.66. The van der Waals surface area contributed by atoms with E-state index in [0.29, 0.717) is 11.7 Å². The van der Waals surface area contributed by atoms with Gasteiger partial charge in [-0.05, 0) is 36.1 Å². The first-order chi connectivity index (χ1) is 13.2. The van der Waals surface area contributed by atoms with Gasteiger partial charge in [-0.1, -0.05) is 44.0 Å². The van der Waals surface area contributed by atoms with Gasteiger partial charge in [0.05, 0.1) is 13.2 Å². The van der Waals surface area contributed by atoms with E-state index in [1.54, 1.807) is 12.3 Å². The van der Waals surface area contributed by atoms with E-state index in [9.17, 15) is 4.79 Å². The minimum Gasteiger partial charge on any atom is -0.464 e. The van der Waals surface area contributed by atoms with Crippen LogP contribution >= 0.6 is 0 Å². The summed E-state index contributed by atoms with van der Waals surface area (Å²) < 4.78 is 4.76. The van der Waals surface area contributed by atoms with Crippen molar-refractivity contribution >= 4 is 16.9 Å². The Balaban J connectivity index is 1.74. The number of hydrogen-bond acceptors (Lipinski definition) is 4. The predicted octanol–water partition coefficient (Wildman–Crippen LogP) is 4.14. The van der Waals surface area contributed by atoms with Crippen molar-refractivity contribution in [3.8, 4) is 0 Å². The van der Waals surface area contributed by atoms with E-state index in [1.165, 1.54) is 42.1 Å². The van der Waals surface area contributed by atoms with Crippen LogP contribution in [0.3, 0.4) is 0 Å². The molecule has 5 heteroatoms. The number of aromatic nitrogens is 2. The molecule has 0 unspecified atom stereocenters. The van der Waals surface area contributed by atoms with E-state index in [4.69, 9.17) is 4.74 Å². The van der Waals surface area contributed by atoms with E-state index in [-0.39, 0.29) is 6.04 Å². The van der Waals surface area contributed by atoms with Crippen molar-refractivity contribution in [3.05, 3.63) is 65.1 Å². The first kappa shape index (κ1) is 17.7. The average molecular weight is 363 g/mol. The van der Waals surface area contributed by atoms with Crippen LogP contribution in [0.4, 0.5) is 0 Å². The lowest BCUT2D eigenvalue weighted by Gasteiger charge is -2.32. The normalized spacial score (nSPS) is 19.0. The summed E-state index contributed by atoms with van der Waals surface area (Å²) in [7, 11) is 1.37. The number of H-pyrrole nitrogens is 1. The molecule has 3 heterocycles. The molecule has 1 aliphatic heterocycles. The maximum absolute atomic E-state index is 11.7. The second-order valence-electron chi connectivity index (χ2n) is 7.17. The number of esters is 1. The minimum atomic E-state index is -0.412. The van der Waals surface area contributed by atoms with Crippen LogP contribution in [0.25, 0.3) is 10.9 Å². The smallest absolute Gasteiger partial charge is 0.356 e. The maximum Gasteiger partial charge on any atom is 0.356 e. The van der Waals surface area contributed by atoms with Gasteiger partial charge in [-0.25, -0.2) is 9.78 Å². The number of nitrogens with one attached hydrogen (secondary N) is 2. The number of rotatable bonds is 5. The zero-order valence-corrected chi connectivity index (χ0v) is 15.8. The zero-order chi connectivity index (χ0) is 18.8. The lowest BCUT2D eigenvalue weighted by atomic mass is 9.89. The number of nitrogens with zero attached hydrogens (tertiary/aromatic N) is 1. The van der Waals surface area contributed by atoms with E-state index in [2.05, 4.69) is 46.5 Å². The van der Waals surface area contributed by atoms with Gasteiger partial charge in [0.2, 0.25) is 0 Å². The van der Waals surface area contributed by atoms with Crippen LogP contribution in [0.1, 0.15) is 59.5 Å². The van der Waals surface area contributed by atoms with Crippen LogP contribution in [-0.2, 0) is 11.2 Å². The highest BCUT2D eigenvalue weighted by Crippen LogP contribution is 2.35. The number of carbonyl (C=O) groups excluding carboxylic acids is 1. The molecule has 0 amide bonds. The quantitative estimate of drug-likeness (QED) is 0.669. The van der Waals surface area contributed by atoms with Crippen molar-refractivity contribution in [2.45, 2.75) is 44.7 Å². The fourth-order valence-electron chi connectivity index (χ4n) is 4.01. The van der Waals surface area contributed by atoms with E-state index < -0.39 is 5.97 Å². The molecule has 4 rings (SSSR count). The molecule has 5 nitrogen and oxygen atoms in total. The fourth-order valence-corrected chi connectivity index (χ4v) is 4.01. The van der Waals surface area contributed by atoms with Gasteiger partial charge in [-0.3, -0.25) is 0 Å². The number of ether oxygens (including phenoxy) is 1. The van der Waals surface area contributed by atoms with Gasteiger partial charge in [0.15, 0.2) is 0 Å². The molecular weight excluding hydrogens is 338 g/mol. The minimum absolute atomic E-state index is 0.0437. The van der Waals surface area contributed by atoms with Crippen molar-refractivity contribution in [2.24, 2.45) is 0 Å². The Kier molecular flexibility index (Phi) is 4.94. The van der Waals surface area contributed by atoms with Crippen molar-refractivity contribution < 1.29 is 9.53 Å². The van der Waals surface area contributed by atoms with Gasteiger partial charge >= 0.3 is 5.97 Å². The molecule has 0 spiro atoms.